The van der Waals surface area contributed by atoms with E-state index in [1.807, 2.05) is 18.2 Å². The molecule has 1 N–H and O–H groups in total. The van der Waals surface area contributed by atoms with E-state index in [1.165, 1.54) is 7.11 Å². The number of hydrogen-bond acceptors (Lipinski definition) is 3. The third-order valence-electron chi connectivity index (χ3n) is 2.81. The molecule has 0 amide bonds. The van der Waals surface area contributed by atoms with Crippen LogP contribution in [0, 0.1) is 0 Å². The van der Waals surface area contributed by atoms with Crippen LogP contribution < -0.4 is 0 Å². The molecule has 0 saturated heterocycles. The van der Waals surface area contributed by atoms with E-state index in [0.29, 0.717) is 5.69 Å². The summed E-state index contributed by atoms with van der Waals surface area (Å²) in [6.07, 6.45) is 0. The Labute approximate surface area is 100.0 Å². The van der Waals surface area contributed by atoms with Gasteiger partial charge in [-0.05, 0) is 23.1 Å². The van der Waals surface area contributed by atoms with Crippen LogP contribution in [0.3, 0.4) is 0 Å². The molecular weight excluding hydrogens is 216 g/mol. The molecule has 17 heavy (non-hydrogen) atoms. The van der Waals surface area contributed by atoms with Gasteiger partial charge in [0.05, 0.1) is 12.6 Å². The Morgan fingerprint density at radius 1 is 1.35 bits per heavy atom. The van der Waals surface area contributed by atoms with Gasteiger partial charge < -0.3 is 4.74 Å². The monoisotopic (exact) mass is 232 g/mol. The second kappa shape index (κ2) is 3.87. The van der Waals surface area contributed by atoms with Gasteiger partial charge in [-0.2, -0.15) is 5.10 Å². The van der Waals surface area contributed by atoms with Crippen molar-refractivity contribution in [2.45, 2.75) is 26.2 Å². The van der Waals surface area contributed by atoms with Crippen molar-refractivity contribution in [3.63, 3.8) is 0 Å². The van der Waals surface area contributed by atoms with Crippen molar-refractivity contribution in [1.82, 2.24) is 10.2 Å². The minimum atomic E-state index is -0.415. The van der Waals surface area contributed by atoms with Gasteiger partial charge in [0.15, 0.2) is 5.69 Å². The molecule has 0 saturated carbocycles. The van der Waals surface area contributed by atoms with Crippen LogP contribution in [0.2, 0.25) is 0 Å². The molecule has 0 unspecified atom stereocenters. The average Bonchev–Trinajstić information content (AvgIpc) is 2.69. The summed E-state index contributed by atoms with van der Waals surface area (Å²) in [6.45, 7) is 6.39. The Bertz CT molecular complexity index is 564. The Hall–Kier alpha value is -1.84. The van der Waals surface area contributed by atoms with E-state index in [-0.39, 0.29) is 5.41 Å². The Balaban J connectivity index is 2.62. The number of fused-ring (bicyclic) bond motifs is 1. The van der Waals surface area contributed by atoms with Crippen molar-refractivity contribution in [3.8, 4) is 0 Å². The normalized spacial score (nSPS) is 11.8. The van der Waals surface area contributed by atoms with Crippen LogP contribution in [-0.4, -0.2) is 23.3 Å². The number of benzene rings is 1. The molecule has 1 aromatic heterocycles. The van der Waals surface area contributed by atoms with Crippen molar-refractivity contribution in [2.24, 2.45) is 0 Å². The summed E-state index contributed by atoms with van der Waals surface area (Å²) in [6, 6.07) is 5.97. The fraction of sp³-hybridized carbons (Fsp3) is 0.385. The highest BCUT2D eigenvalue weighted by Crippen LogP contribution is 2.26. The van der Waals surface area contributed by atoms with E-state index in [9.17, 15) is 4.79 Å². The molecule has 0 radical (unpaired) electrons. The maximum absolute atomic E-state index is 11.5. The highest BCUT2D eigenvalue weighted by Gasteiger charge is 2.18. The summed E-state index contributed by atoms with van der Waals surface area (Å²) in [7, 11) is 1.36. The topological polar surface area (TPSA) is 55.0 Å². The van der Waals surface area contributed by atoms with E-state index in [0.717, 1.165) is 16.5 Å². The molecule has 2 aromatic rings. The SMILES string of the molecule is COC(=O)c1n[nH]c2ccc(C(C)(C)C)cc12. The van der Waals surface area contributed by atoms with Gasteiger partial charge in [0.1, 0.15) is 0 Å². The number of ether oxygens (including phenoxy) is 1. The molecule has 4 heteroatoms. The summed E-state index contributed by atoms with van der Waals surface area (Å²) in [4.78, 5) is 11.5. The number of aromatic amines is 1. The van der Waals surface area contributed by atoms with Crippen LogP contribution in [-0.2, 0) is 10.2 Å². The molecule has 90 valence electrons. The van der Waals surface area contributed by atoms with E-state index >= 15 is 0 Å². The number of H-pyrrole nitrogens is 1. The molecule has 0 aliphatic heterocycles. The number of nitrogens with one attached hydrogen (secondary N) is 1. The molecule has 0 bridgehead atoms. The first-order chi connectivity index (χ1) is 7.93. The number of methoxy groups -OCH3 is 1. The van der Waals surface area contributed by atoms with E-state index < -0.39 is 5.97 Å². The third kappa shape index (κ3) is 2.02. The predicted octanol–water partition coefficient (Wildman–Crippen LogP) is 2.65. The average molecular weight is 232 g/mol. The minimum absolute atomic E-state index is 0.0405. The third-order valence-corrected chi connectivity index (χ3v) is 2.81. The summed E-state index contributed by atoms with van der Waals surface area (Å²) >= 11 is 0. The summed E-state index contributed by atoms with van der Waals surface area (Å²) in [5.41, 5.74) is 2.39. The maximum atomic E-state index is 11.5. The maximum Gasteiger partial charge on any atom is 0.359 e. The number of rotatable bonds is 1. The van der Waals surface area contributed by atoms with Gasteiger partial charge in [-0.15, -0.1) is 0 Å². The lowest BCUT2D eigenvalue weighted by molar-refractivity contribution is 0.0596. The summed E-state index contributed by atoms with van der Waals surface area (Å²) in [5.74, 6) is -0.415. The molecular formula is C13H16N2O2. The molecule has 0 fully saturated rings. The zero-order chi connectivity index (χ0) is 12.6. The minimum Gasteiger partial charge on any atom is -0.464 e. The van der Waals surface area contributed by atoms with Crippen LogP contribution in [0.4, 0.5) is 0 Å². The Morgan fingerprint density at radius 2 is 2.06 bits per heavy atom. The second-order valence-electron chi connectivity index (χ2n) is 5.07. The first kappa shape index (κ1) is 11.6. The lowest BCUT2D eigenvalue weighted by Gasteiger charge is -2.18. The number of hydrogen-bond donors (Lipinski definition) is 1. The fourth-order valence-electron chi connectivity index (χ4n) is 1.73. The van der Waals surface area contributed by atoms with Gasteiger partial charge >= 0.3 is 5.97 Å². The smallest absolute Gasteiger partial charge is 0.359 e. The molecule has 0 aliphatic carbocycles. The molecule has 0 aliphatic rings. The Kier molecular flexibility index (Phi) is 2.65. The van der Waals surface area contributed by atoms with E-state index in [4.69, 9.17) is 4.74 Å². The van der Waals surface area contributed by atoms with Gasteiger partial charge in [-0.1, -0.05) is 26.8 Å². The van der Waals surface area contributed by atoms with Gasteiger partial charge in [-0.3, -0.25) is 5.10 Å². The van der Waals surface area contributed by atoms with Crippen LogP contribution in [0.15, 0.2) is 18.2 Å². The number of esters is 1. The van der Waals surface area contributed by atoms with Crippen molar-refractivity contribution >= 4 is 16.9 Å². The standard InChI is InChI=1S/C13H16N2O2/c1-13(2,3)8-5-6-10-9(7-8)11(15-14-10)12(16)17-4/h5-7H,1-4H3,(H,14,15). The largest absolute Gasteiger partial charge is 0.464 e. The molecule has 4 nitrogen and oxygen atoms in total. The van der Waals surface area contributed by atoms with Crippen molar-refractivity contribution in [3.05, 3.63) is 29.5 Å². The van der Waals surface area contributed by atoms with Gasteiger partial charge in [-0.25, -0.2) is 4.79 Å². The van der Waals surface area contributed by atoms with Crippen LogP contribution in [0.25, 0.3) is 10.9 Å². The first-order valence-corrected chi connectivity index (χ1v) is 5.50. The highest BCUT2D eigenvalue weighted by molar-refractivity contribution is 6.02. The zero-order valence-corrected chi connectivity index (χ0v) is 10.5. The lowest BCUT2D eigenvalue weighted by atomic mass is 9.86. The lowest BCUT2D eigenvalue weighted by Crippen LogP contribution is -2.10. The quantitative estimate of drug-likeness (QED) is 0.769. The Morgan fingerprint density at radius 3 is 2.65 bits per heavy atom. The number of aromatic nitrogens is 2. The number of carbonyl (C=O) groups is 1. The van der Waals surface area contributed by atoms with E-state index in [2.05, 4.69) is 31.0 Å². The van der Waals surface area contributed by atoms with Gasteiger partial charge in [0.25, 0.3) is 0 Å². The van der Waals surface area contributed by atoms with Gasteiger partial charge in [0.2, 0.25) is 0 Å². The molecule has 1 heterocycles. The van der Waals surface area contributed by atoms with Gasteiger partial charge in [0, 0.05) is 5.39 Å². The first-order valence-electron chi connectivity index (χ1n) is 5.50. The zero-order valence-electron chi connectivity index (χ0n) is 10.5. The second-order valence-corrected chi connectivity index (χ2v) is 5.07. The fourth-order valence-corrected chi connectivity index (χ4v) is 1.73. The summed E-state index contributed by atoms with van der Waals surface area (Å²) in [5, 5.41) is 7.63. The van der Waals surface area contributed by atoms with Crippen molar-refractivity contribution < 1.29 is 9.53 Å². The van der Waals surface area contributed by atoms with Crippen LogP contribution >= 0.6 is 0 Å². The summed E-state index contributed by atoms with van der Waals surface area (Å²) < 4.78 is 4.71. The molecule has 0 atom stereocenters. The highest BCUT2D eigenvalue weighted by atomic mass is 16.5. The predicted molar refractivity (Wildman–Crippen MR) is 66.1 cm³/mol. The van der Waals surface area contributed by atoms with Crippen LogP contribution in [0.1, 0.15) is 36.8 Å². The number of nitrogens with zero attached hydrogens (tertiary/aromatic N) is 1. The van der Waals surface area contributed by atoms with Crippen molar-refractivity contribution in [2.75, 3.05) is 7.11 Å². The molecule has 1 aromatic carbocycles. The number of carbonyl (C=O) groups excluding carboxylic acids is 1. The van der Waals surface area contributed by atoms with Crippen molar-refractivity contribution in [1.29, 1.82) is 0 Å². The van der Waals surface area contributed by atoms with E-state index in [1.54, 1.807) is 0 Å². The molecule has 2 rings (SSSR count). The molecule has 0 spiro atoms. The van der Waals surface area contributed by atoms with Crippen LogP contribution in [0.5, 0.6) is 0 Å².